The van der Waals surface area contributed by atoms with Crippen LogP contribution in [0.5, 0.6) is 0 Å². The Bertz CT molecular complexity index is 178. The molecule has 84 valence electrons. The van der Waals surface area contributed by atoms with Gasteiger partial charge in [-0.15, -0.1) is 0 Å². The Kier molecular flexibility index (Phi) is 3.89. The number of nitrogens with zero attached hydrogens (tertiary/aromatic N) is 1. The summed E-state index contributed by atoms with van der Waals surface area (Å²) in [4.78, 5) is 2.55. The van der Waals surface area contributed by atoms with E-state index in [0.29, 0.717) is 0 Å². The van der Waals surface area contributed by atoms with Gasteiger partial charge in [-0.1, -0.05) is 13.8 Å². The molecule has 0 bridgehead atoms. The van der Waals surface area contributed by atoms with Crippen LogP contribution in [0.4, 0.5) is 0 Å². The molecule has 3 heteroatoms. The third kappa shape index (κ3) is 3.14. The Hall–Kier alpha value is 0.270. The minimum absolute atomic E-state index is 0.0996. The van der Waals surface area contributed by atoms with Gasteiger partial charge in [0.05, 0.1) is 0 Å². The van der Waals surface area contributed by atoms with Crippen LogP contribution >= 0.6 is 11.8 Å². The Labute approximate surface area is 92.6 Å². The Morgan fingerprint density at radius 3 is 2.07 bits per heavy atom. The van der Waals surface area contributed by atoms with Crippen LogP contribution in [0.25, 0.3) is 0 Å². The smallest absolute Gasteiger partial charge is 0.0161 e. The van der Waals surface area contributed by atoms with E-state index < -0.39 is 0 Å². The molecule has 14 heavy (non-hydrogen) atoms. The van der Waals surface area contributed by atoms with Crippen LogP contribution in [0.15, 0.2) is 0 Å². The average molecular weight is 216 g/mol. The fraction of sp³-hybridized carbons (Fsp3) is 1.00. The molecular formula is C11H24N2S. The molecule has 0 radical (unpaired) electrons. The van der Waals surface area contributed by atoms with Gasteiger partial charge in [0.15, 0.2) is 0 Å². The van der Waals surface area contributed by atoms with Gasteiger partial charge in [0, 0.05) is 36.7 Å². The second-order valence-corrected chi connectivity index (χ2v) is 6.72. The number of hydrogen-bond acceptors (Lipinski definition) is 3. The largest absolute Gasteiger partial charge is 0.325 e. The van der Waals surface area contributed by atoms with E-state index >= 15 is 0 Å². The third-order valence-electron chi connectivity index (χ3n) is 3.47. The summed E-state index contributed by atoms with van der Waals surface area (Å²) >= 11 is 2.06. The van der Waals surface area contributed by atoms with Crippen LogP contribution in [-0.2, 0) is 0 Å². The van der Waals surface area contributed by atoms with E-state index in [1.165, 1.54) is 24.6 Å². The quantitative estimate of drug-likeness (QED) is 0.780. The Balaban J connectivity index is 2.49. The predicted molar refractivity (Wildman–Crippen MR) is 65.8 cm³/mol. The number of hydrogen-bond donors (Lipinski definition) is 1. The van der Waals surface area contributed by atoms with Crippen molar-refractivity contribution in [3.8, 4) is 0 Å². The first kappa shape index (κ1) is 12.3. The van der Waals surface area contributed by atoms with Gasteiger partial charge in [-0.3, -0.25) is 0 Å². The molecule has 1 aliphatic heterocycles. The van der Waals surface area contributed by atoms with E-state index in [4.69, 9.17) is 5.73 Å². The van der Waals surface area contributed by atoms with Crippen molar-refractivity contribution in [2.24, 2.45) is 11.1 Å². The zero-order valence-corrected chi connectivity index (χ0v) is 10.8. The van der Waals surface area contributed by atoms with Crippen molar-refractivity contribution in [2.45, 2.75) is 33.2 Å². The van der Waals surface area contributed by atoms with Crippen molar-refractivity contribution in [3.05, 3.63) is 0 Å². The van der Waals surface area contributed by atoms with Gasteiger partial charge >= 0.3 is 0 Å². The van der Waals surface area contributed by atoms with Gasteiger partial charge < -0.3 is 10.6 Å². The van der Waals surface area contributed by atoms with E-state index in [-0.39, 0.29) is 11.0 Å². The maximum atomic E-state index is 6.20. The topological polar surface area (TPSA) is 29.3 Å². The molecule has 1 aliphatic rings. The van der Waals surface area contributed by atoms with Crippen LogP contribution in [0.2, 0.25) is 0 Å². The molecule has 0 unspecified atom stereocenters. The first-order valence-corrected chi connectivity index (χ1v) is 6.57. The third-order valence-corrected chi connectivity index (χ3v) is 4.41. The lowest BCUT2D eigenvalue weighted by molar-refractivity contribution is 0.120. The van der Waals surface area contributed by atoms with Crippen LogP contribution in [0.3, 0.4) is 0 Å². The van der Waals surface area contributed by atoms with Gasteiger partial charge in [-0.25, -0.2) is 0 Å². The molecule has 1 fully saturated rings. The highest BCUT2D eigenvalue weighted by molar-refractivity contribution is 7.99. The molecule has 0 aromatic carbocycles. The van der Waals surface area contributed by atoms with Crippen molar-refractivity contribution in [1.29, 1.82) is 0 Å². The molecule has 0 aliphatic carbocycles. The molecule has 0 aromatic rings. The molecule has 2 nitrogen and oxygen atoms in total. The molecule has 1 saturated heterocycles. The van der Waals surface area contributed by atoms with Crippen molar-refractivity contribution in [1.82, 2.24) is 4.90 Å². The highest BCUT2D eigenvalue weighted by Crippen LogP contribution is 2.29. The van der Waals surface area contributed by atoms with E-state index in [2.05, 4.69) is 44.4 Å². The van der Waals surface area contributed by atoms with E-state index in [0.717, 1.165) is 6.54 Å². The number of rotatable bonds is 3. The summed E-state index contributed by atoms with van der Waals surface area (Å²) in [6, 6.07) is 0. The van der Waals surface area contributed by atoms with Gasteiger partial charge in [0.2, 0.25) is 0 Å². The summed E-state index contributed by atoms with van der Waals surface area (Å²) < 4.78 is 0. The second-order valence-electron chi connectivity index (χ2n) is 5.49. The molecule has 2 N–H and O–H groups in total. The summed E-state index contributed by atoms with van der Waals surface area (Å²) in [5, 5.41) is 0. The van der Waals surface area contributed by atoms with Crippen LogP contribution in [0.1, 0.15) is 27.7 Å². The fourth-order valence-electron chi connectivity index (χ4n) is 1.52. The monoisotopic (exact) mass is 216 g/mol. The van der Waals surface area contributed by atoms with E-state index in [1.54, 1.807) is 0 Å². The zero-order valence-electron chi connectivity index (χ0n) is 9.97. The van der Waals surface area contributed by atoms with Gasteiger partial charge in [0.1, 0.15) is 0 Å². The molecule has 0 amide bonds. The highest BCUT2D eigenvalue weighted by atomic mass is 32.2. The van der Waals surface area contributed by atoms with E-state index in [9.17, 15) is 0 Å². The van der Waals surface area contributed by atoms with Crippen LogP contribution in [0, 0.1) is 5.41 Å². The van der Waals surface area contributed by atoms with Crippen LogP contribution in [-0.4, -0.2) is 41.6 Å². The fourth-order valence-corrected chi connectivity index (χ4v) is 2.50. The van der Waals surface area contributed by atoms with Gasteiger partial charge in [-0.2, -0.15) is 11.8 Å². The molecule has 0 atom stereocenters. The molecule has 0 aromatic heterocycles. The Morgan fingerprint density at radius 1 is 1.14 bits per heavy atom. The molecule has 1 rings (SSSR count). The minimum atomic E-state index is -0.0996. The number of nitrogens with two attached hydrogens (primary N) is 1. The van der Waals surface area contributed by atoms with Gasteiger partial charge in [-0.05, 0) is 19.3 Å². The summed E-state index contributed by atoms with van der Waals surface area (Å²) in [6.07, 6.45) is 0. The lowest BCUT2D eigenvalue weighted by atomic mass is 9.75. The molecular weight excluding hydrogens is 192 g/mol. The standard InChI is InChI=1S/C11H24N2S/c1-10(2,11(3,4)12)9-13-5-7-14-8-6-13/h5-9,12H2,1-4H3. The SMILES string of the molecule is CC(C)(N)C(C)(C)CN1CCSCC1. The van der Waals surface area contributed by atoms with E-state index in [1.807, 2.05) is 0 Å². The lowest BCUT2D eigenvalue weighted by Gasteiger charge is -2.43. The van der Waals surface area contributed by atoms with Crippen molar-refractivity contribution >= 4 is 11.8 Å². The summed E-state index contributed by atoms with van der Waals surface area (Å²) in [6.45, 7) is 12.4. The molecule has 1 heterocycles. The van der Waals surface area contributed by atoms with Crippen molar-refractivity contribution in [3.63, 3.8) is 0 Å². The molecule has 0 spiro atoms. The normalized spacial score (nSPS) is 21.2. The second kappa shape index (κ2) is 4.42. The predicted octanol–water partition coefficient (Wildman–Crippen LogP) is 1.80. The van der Waals surface area contributed by atoms with Crippen LogP contribution < -0.4 is 5.73 Å². The summed E-state index contributed by atoms with van der Waals surface area (Å²) in [5.41, 5.74) is 6.29. The average Bonchev–Trinajstić information content (AvgIpc) is 2.03. The van der Waals surface area contributed by atoms with Gasteiger partial charge in [0.25, 0.3) is 0 Å². The van der Waals surface area contributed by atoms with Crippen molar-refractivity contribution < 1.29 is 0 Å². The maximum absolute atomic E-state index is 6.20. The first-order valence-electron chi connectivity index (χ1n) is 5.42. The first-order chi connectivity index (χ1) is 6.33. The Morgan fingerprint density at radius 2 is 1.64 bits per heavy atom. The lowest BCUT2D eigenvalue weighted by Crippen LogP contribution is -2.54. The van der Waals surface area contributed by atoms with Crippen molar-refractivity contribution in [2.75, 3.05) is 31.1 Å². The maximum Gasteiger partial charge on any atom is 0.0161 e. The number of thioether (sulfide) groups is 1. The summed E-state index contributed by atoms with van der Waals surface area (Å²) in [7, 11) is 0. The zero-order chi connectivity index (χ0) is 10.8. The summed E-state index contributed by atoms with van der Waals surface area (Å²) in [5.74, 6) is 2.56. The highest BCUT2D eigenvalue weighted by Gasteiger charge is 2.35. The molecule has 0 saturated carbocycles. The minimum Gasteiger partial charge on any atom is -0.325 e.